The molecule has 1 amide bonds. The highest BCUT2D eigenvalue weighted by Crippen LogP contribution is 2.25. The van der Waals surface area contributed by atoms with Crippen LogP contribution in [0.1, 0.15) is 17.5 Å². The van der Waals surface area contributed by atoms with Gasteiger partial charge in [-0.25, -0.2) is 13.1 Å². The van der Waals surface area contributed by atoms with Crippen LogP contribution >= 0.6 is 0 Å². The van der Waals surface area contributed by atoms with Crippen molar-refractivity contribution >= 4 is 26.8 Å². The summed E-state index contributed by atoms with van der Waals surface area (Å²) in [6, 6.07) is 17.0. The molecule has 0 spiro atoms. The predicted molar refractivity (Wildman–Crippen MR) is 134 cm³/mol. The number of benzene rings is 2. The summed E-state index contributed by atoms with van der Waals surface area (Å²) < 4.78 is 30.0. The van der Waals surface area contributed by atoms with E-state index in [0.29, 0.717) is 31.4 Å². The fourth-order valence-electron chi connectivity index (χ4n) is 4.39. The molecule has 180 valence electrons. The number of amides is 1. The number of aryl methyl sites for hydroxylation is 2. The Bertz CT molecular complexity index is 1460. The molecule has 1 fully saturated rings. The molecule has 5 rings (SSSR count). The Labute approximate surface area is 204 Å². The summed E-state index contributed by atoms with van der Waals surface area (Å²) >= 11 is 0. The number of carbonyl (C=O) groups is 1. The number of fused-ring (bicyclic) bond motifs is 1. The monoisotopic (exact) mass is 489 g/mol. The average Bonchev–Trinajstić information content (AvgIpc) is 3.36. The maximum atomic E-state index is 13.4. The van der Waals surface area contributed by atoms with Gasteiger partial charge in [0.05, 0.1) is 17.4 Å². The number of sulfonamides is 1. The van der Waals surface area contributed by atoms with Gasteiger partial charge < -0.3 is 4.90 Å². The average molecular weight is 490 g/mol. The van der Waals surface area contributed by atoms with Crippen LogP contribution in [0.4, 0.5) is 0 Å². The summed E-state index contributed by atoms with van der Waals surface area (Å²) in [5.74, 6) is 0.0248. The van der Waals surface area contributed by atoms with E-state index in [9.17, 15) is 13.2 Å². The zero-order valence-electron chi connectivity index (χ0n) is 19.5. The van der Waals surface area contributed by atoms with E-state index in [1.807, 2.05) is 55.6 Å². The molecule has 1 saturated heterocycles. The van der Waals surface area contributed by atoms with Gasteiger partial charge in [0, 0.05) is 50.4 Å². The molecule has 3 heterocycles. The summed E-state index contributed by atoms with van der Waals surface area (Å²) in [4.78, 5) is 19.1. The second kappa shape index (κ2) is 9.59. The number of hydrogen-bond donors (Lipinski definition) is 0. The van der Waals surface area contributed by atoms with Crippen molar-refractivity contribution in [2.75, 3.05) is 26.2 Å². The second-order valence-electron chi connectivity index (χ2n) is 8.75. The Balaban J connectivity index is 1.20. The fourth-order valence-corrected chi connectivity index (χ4v) is 5.98. The topological polar surface area (TPSA) is 88.4 Å². The molecule has 8 nitrogen and oxygen atoms in total. The van der Waals surface area contributed by atoms with Crippen LogP contribution in [0.3, 0.4) is 0 Å². The van der Waals surface area contributed by atoms with Gasteiger partial charge in [0.15, 0.2) is 0 Å². The van der Waals surface area contributed by atoms with Gasteiger partial charge in [0.25, 0.3) is 0 Å². The van der Waals surface area contributed by atoms with Gasteiger partial charge in [0.2, 0.25) is 15.9 Å². The molecule has 0 aliphatic carbocycles. The van der Waals surface area contributed by atoms with Crippen molar-refractivity contribution < 1.29 is 13.2 Å². The molecule has 2 aromatic carbocycles. The second-order valence-corrected chi connectivity index (χ2v) is 10.7. The van der Waals surface area contributed by atoms with Crippen LogP contribution in [-0.2, 0) is 21.2 Å². The maximum absolute atomic E-state index is 13.4. The SMILES string of the molecule is Cc1cnc2c(S(=O)(=O)N3CCN(C(=O)CCc4cnn(-c5ccccc5)c4)CC3)cccc2c1. The third-order valence-electron chi connectivity index (χ3n) is 6.30. The van der Waals surface area contributed by atoms with Gasteiger partial charge in [-0.15, -0.1) is 0 Å². The van der Waals surface area contributed by atoms with E-state index < -0.39 is 10.0 Å². The zero-order valence-corrected chi connectivity index (χ0v) is 20.4. The van der Waals surface area contributed by atoms with Crippen molar-refractivity contribution in [2.45, 2.75) is 24.7 Å². The van der Waals surface area contributed by atoms with Crippen LogP contribution in [0.15, 0.2) is 78.1 Å². The molecule has 0 atom stereocenters. The number of nitrogens with zero attached hydrogens (tertiary/aromatic N) is 5. The first kappa shape index (κ1) is 23.2. The van der Waals surface area contributed by atoms with Crippen LogP contribution in [0, 0.1) is 6.92 Å². The van der Waals surface area contributed by atoms with E-state index in [1.165, 1.54) is 4.31 Å². The van der Waals surface area contributed by atoms with Crippen LogP contribution in [0.5, 0.6) is 0 Å². The third-order valence-corrected chi connectivity index (χ3v) is 8.23. The molecular formula is C26H27N5O3S. The molecule has 0 bridgehead atoms. The highest BCUT2D eigenvalue weighted by atomic mass is 32.2. The van der Waals surface area contributed by atoms with E-state index >= 15 is 0 Å². The van der Waals surface area contributed by atoms with Gasteiger partial charge in [-0.2, -0.15) is 9.40 Å². The van der Waals surface area contributed by atoms with Gasteiger partial charge in [-0.05, 0) is 48.7 Å². The van der Waals surface area contributed by atoms with Crippen LogP contribution in [0.25, 0.3) is 16.6 Å². The Morgan fingerprint density at radius 3 is 2.51 bits per heavy atom. The first-order valence-corrected chi connectivity index (χ1v) is 13.1. The van der Waals surface area contributed by atoms with Gasteiger partial charge in [-0.1, -0.05) is 30.3 Å². The largest absolute Gasteiger partial charge is 0.340 e. The number of hydrogen-bond acceptors (Lipinski definition) is 5. The molecule has 35 heavy (non-hydrogen) atoms. The van der Waals surface area contributed by atoms with Gasteiger partial charge in [-0.3, -0.25) is 9.78 Å². The highest BCUT2D eigenvalue weighted by Gasteiger charge is 2.31. The lowest BCUT2D eigenvalue weighted by Gasteiger charge is -2.34. The summed E-state index contributed by atoms with van der Waals surface area (Å²) in [5, 5.41) is 5.18. The van der Waals surface area contributed by atoms with Crippen molar-refractivity contribution in [2.24, 2.45) is 0 Å². The lowest BCUT2D eigenvalue weighted by molar-refractivity contribution is -0.132. The van der Waals surface area contributed by atoms with Crippen LogP contribution in [-0.4, -0.2) is 64.5 Å². The van der Waals surface area contributed by atoms with Crippen molar-refractivity contribution in [3.05, 3.63) is 84.3 Å². The maximum Gasteiger partial charge on any atom is 0.245 e. The third kappa shape index (κ3) is 4.82. The number of aromatic nitrogens is 3. The molecule has 0 unspecified atom stereocenters. The van der Waals surface area contributed by atoms with Gasteiger partial charge in [0.1, 0.15) is 4.90 Å². The van der Waals surface area contributed by atoms with E-state index in [2.05, 4.69) is 10.1 Å². The molecule has 1 aliphatic heterocycles. The quantitative estimate of drug-likeness (QED) is 0.415. The smallest absolute Gasteiger partial charge is 0.245 e. The highest BCUT2D eigenvalue weighted by molar-refractivity contribution is 7.89. The number of pyridine rings is 1. The van der Waals surface area contributed by atoms with E-state index in [4.69, 9.17) is 0 Å². The zero-order chi connectivity index (χ0) is 24.4. The number of carbonyl (C=O) groups excluding carboxylic acids is 1. The lowest BCUT2D eigenvalue weighted by atomic mass is 10.2. The Kier molecular flexibility index (Phi) is 6.36. The molecule has 0 N–H and O–H groups in total. The first-order chi connectivity index (χ1) is 16.9. The van der Waals surface area contributed by atoms with Crippen molar-refractivity contribution in [3.63, 3.8) is 0 Å². The minimum Gasteiger partial charge on any atom is -0.340 e. The van der Waals surface area contributed by atoms with E-state index in [1.54, 1.807) is 34.1 Å². The normalized spacial score (nSPS) is 14.9. The molecular weight excluding hydrogens is 462 g/mol. The Hall–Kier alpha value is -3.56. The molecule has 1 aliphatic rings. The molecule has 0 saturated carbocycles. The van der Waals surface area contributed by atoms with Crippen molar-refractivity contribution in [1.29, 1.82) is 0 Å². The Morgan fingerprint density at radius 2 is 1.74 bits per heavy atom. The molecule has 9 heteroatoms. The number of para-hydroxylation sites is 2. The summed E-state index contributed by atoms with van der Waals surface area (Å²) in [6.45, 7) is 3.21. The predicted octanol–water partition coefficient (Wildman–Crippen LogP) is 3.19. The molecule has 0 radical (unpaired) electrons. The molecule has 2 aromatic heterocycles. The first-order valence-electron chi connectivity index (χ1n) is 11.6. The van der Waals surface area contributed by atoms with Gasteiger partial charge >= 0.3 is 0 Å². The van der Waals surface area contributed by atoms with E-state index in [-0.39, 0.29) is 23.9 Å². The number of rotatable bonds is 6. The lowest BCUT2D eigenvalue weighted by Crippen LogP contribution is -2.50. The Morgan fingerprint density at radius 1 is 0.971 bits per heavy atom. The standard InChI is InChI=1S/C26H27N5O3S/c1-20-16-22-6-5-9-24(26(22)27-17-20)35(33,34)30-14-12-29(13-15-30)25(32)11-10-21-18-28-31(19-21)23-7-3-2-4-8-23/h2-9,16-19H,10-15H2,1H3. The van der Waals surface area contributed by atoms with Crippen molar-refractivity contribution in [3.8, 4) is 5.69 Å². The number of piperazine rings is 1. The molecule has 4 aromatic rings. The van der Waals surface area contributed by atoms with Crippen LogP contribution < -0.4 is 0 Å². The minimum absolute atomic E-state index is 0.0248. The summed E-state index contributed by atoms with van der Waals surface area (Å²) in [5.41, 5.74) is 3.42. The van der Waals surface area contributed by atoms with Crippen molar-refractivity contribution in [1.82, 2.24) is 24.0 Å². The fraction of sp³-hybridized carbons (Fsp3) is 0.269. The summed E-state index contributed by atoms with van der Waals surface area (Å²) in [7, 11) is -3.71. The van der Waals surface area contributed by atoms with E-state index in [0.717, 1.165) is 22.2 Å². The minimum atomic E-state index is -3.71. The summed E-state index contributed by atoms with van der Waals surface area (Å²) in [6.07, 6.45) is 6.35. The van der Waals surface area contributed by atoms with Crippen LogP contribution in [0.2, 0.25) is 0 Å².